The van der Waals surface area contributed by atoms with Gasteiger partial charge in [-0.1, -0.05) is 33.8 Å². The molecule has 2 heterocycles. The molecule has 2 aliphatic rings. The molecule has 32 heavy (non-hydrogen) atoms. The molecule has 0 aliphatic carbocycles. The van der Waals surface area contributed by atoms with Crippen LogP contribution in [0.4, 0.5) is 10.1 Å². The van der Waals surface area contributed by atoms with E-state index in [2.05, 4.69) is 24.1 Å². The van der Waals surface area contributed by atoms with Crippen LogP contribution in [-0.4, -0.2) is 62.0 Å². The third-order valence-corrected chi connectivity index (χ3v) is 8.87. The van der Waals surface area contributed by atoms with E-state index in [1.807, 2.05) is 13.8 Å². The Morgan fingerprint density at radius 2 is 1.84 bits per heavy atom. The fraction of sp³-hybridized carbons (Fsp3) is 0.708. The van der Waals surface area contributed by atoms with Gasteiger partial charge in [0.15, 0.2) is 0 Å². The highest BCUT2D eigenvalue weighted by molar-refractivity contribution is 7.89. The van der Waals surface area contributed by atoms with Gasteiger partial charge in [-0.15, -0.1) is 0 Å². The predicted molar refractivity (Wildman–Crippen MR) is 126 cm³/mol. The first-order chi connectivity index (χ1) is 14.8. The summed E-state index contributed by atoms with van der Waals surface area (Å²) >= 11 is 0. The van der Waals surface area contributed by atoms with Crippen molar-refractivity contribution in [1.29, 1.82) is 0 Å². The second kappa shape index (κ2) is 9.39. The molecule has 1 spiro atoms. The number of halogens is 1. The lowest BCUT2D eigenvalue weighted by atomic mass is 9.65. The first-order valence-electron chi connectivity index (χ1n) is 11.6. The fourth-order valence-electron chi connectivity index (χ4n) is 5.41. The summed E-state index contributed by atoms with van der Waals surface area (Å²) in [6, 6.07) is 4.68. The van der Waals surface area contributed by atoms with Crippen LogP contribution in [0.3, 0.4) is 0 Å². The molecule has 180 valence electrons. The van der Waals surface area contributed by atoms with Gasteiger partial charge in [0.1, 0.15) is 5.82 Å². The highest BCUT2D eigenvalue weighted by Gasteiger charge is 2.47. The minimum Gasteiger partial charge on any atom is -0.325 e. The van der Waals surface area contributed by atoms with Gasteiger partial charge >= 0.3 is 0 Å². The molecule has 1 aromatic rings. The van der Waals surface area contributed by atoms with E-state index in [-0.39, 0.29) is 40.8 Å². The topological polar surface area (TPSA) is 69.7 Å². The van der Waals surface area contributed by atoms with Gasteiger partial charge in [0.05, 0.1) is 12.3 Å². The van der Waals surface area contributed by atoms with Crippen LogP contribution in [-0.2, 0) is 14.8 Å². The number of piperidine rings is 2. The zero-order valence-corrected chi connectivity index (χ0v) is 20.9. The molecule has 0 aromatic heterocycles. The van der Waals surface area contributed by atoms with Crippen molar-refractivity contribution < 1.29 is 17.6 Å². The molecular formula is C24H38FN3O3S. The van der Waals surface area contributed by atoms with Gasteiger partial charge in [-0.05, 0) is 68.2 Å². The summed E-state index contributed by atoms with van der Waals surface area (Å²) < 4.78 is 41.4. The van der Waals surface area contributed by atoms with Crippen LogP contribution < -0.4 is 5.32 Å². The van der Waals surface area contributed by atoms with Crippen molar-refractivity contribution in [3.8, 4) is 0 Å². The number of nitrogens with one attached hydrogen (secondary N) is 1. The quantitative estimate of drug-likeness (QED) is 0.690. The summed E-state index contributed by atoms with van der Waals surface area (Å²) in [6.07, 6.45) is 2.74. The highest BCUT2D eigenvalue weighted by atomic mass is 32.2. The summed E-state index contributed by atoms with van der Waals surface area (Å²) in [4.78, 5) is 14.7. The van der Waals surface area contributed by atoms with Crippen LogP contribution in [0, 0.1) is 29.5 Å². The molecule has 0 saturated carbocycles. The minimum atomic E-state index is -3.28. The molecule has 2 saturated heterocycles. The van der Waals surface area contributed by atoms with Crippen molar-refractivity contribution in [3.63, 3.8) is 0 Å². The second-order valence-corrected chi connectivity index (χ2v) is 13.0. The molecule has 2 aliphatic heterocycles. The lowest BCUT2D eigenvalue weighted by Crippen LogP contribution is -2.56. The Kier molecular flexibility index (Phi) is 7.37. The van der Waals surface area contributed by atoms with Gasteiger partial charge in [-0.2, -0.15) is 0 Å². The molecule has 0 bridgehead atoms. The summed E-state index contributed by atoms with van der Waals surface area (Å²) in [5, 5.41) is 2.82. The average molecular weight is 468 g/mol. The van der Waals surface area contributed by atoms with Gasteiger partial charge in [-0.3, -0.25) is 9.69 Å². The van der Waals surface area contributed by atoms with Crippen LogP contribution in [0.1, 0.15) is 52.5 Å². The maximum absolute atomic E-state index is 13.7. The van der Waals surface area contributed by atoms with E-state index in [1.165, 1.54) is 6.07 Å². The highest BCUT2D eigenvalue weighted by Crippen LogP contribution is 2.47. The molecule has 0 atom stereocenters. The zero-order chi connectivity index (χ0) is 23.7. The van der Waals surface area contributed by atoms with Crippen molar-refractivity contribution >= 4 is 21.6 Å². The van der Waals surface area contributed by atoms with Crippen LogP contribution in [0.15, 0.2) is 18.2 Å². The number of sulfonamides is 1. The van der Waals surface area contributed by atoms with Crippen molar-refractivity contribution in [1.82, 2.24) is 9.21 Å². The maximum Gasteiger partial charge on any atom is 0.238 e. The van der Waals surface area contributed by atoms with Crippen molar-refractivity contribution in [2.75, 3.05) is 43.8 Å². The second-order valence-electron chi connectivity index (χ2n) is 11.0. The smallest absolute Gasteiger partial charge is 0.238 e. The molecular weight excluding hydrogens is 429 g/mol. The molecule has 6 nitrogen and oxygen atoms in total. The summed E-state index contributed by atoms with van der Waals surface area (Å²) in [5.41, 5.74) is 0.823. The van der Waals surface area contributed by atoms with Crippen LogP contribution >= 0.6 is 0 Å². The van der Waals surface area contributed by atoms with Crippen LogP contribution in [0.5, 0.6) is 0 Å². The van der Waals surface area contributed by atoms with E-state index < -0.39 is 10.0 Å². The molecule has 1 aromatic carbocycles. The van der Waals surface area contributed by atoms with Gasteiger partial charge in [-0.25, -0.2) is 17.1 Å². The number of carbonyl (C=O) groups is 1. The predicted octanol–water partition coefficient (Wildman–Crippen LogP) is 3.87. The van der Waals surface area contributed by atoms with E-state index in [4.69, 9.17) is 0 Å². The molecule has 3 rings (SSSR count). The Morgan fingerprint density at radius 3 is 2.47 bits per heavy atom. The molecule has 1 amide bonds. The number of hydrogen-bond acceptors (Lipinski definition) is 4. The Labute approximate surface area is 192 Å². The van der Waals surface area contributed by atoms with E-state index in [0.717, 1.165) is 32.4 Å². The van der Waals surface area contributed by atoms with Crippen LogP contribution in [0.2, 0.25) is 0 Å². The molecule has 0 radical (unpaired) electrons. The summed E-state index contributed by atoms with van der Waals surface area (Å²) in [7, 11) is -3.28. The van der Waals surface area contributed by atoms with Gasteiger partial charge in [0, 0.05) is 24.3 Å². The Balaban J connectivity index is 1.61. The van der Waals surface area contributed by atoms with E-state index in [1.54, 1.807) is 23.4 Å². The van der Waals surface area contributed by atoms with Gasteiger partial charge in [0.2, 0.25) is 15.9 Å². The summed E-state index contributed by atoms with van der Waals surface area (Å²) in [6.45, 7) is 12.8. The van der Waals surface area contributed by atoms with Crippen LogP contribution in [0.25, 0.3) is 0 Å². The maximum atomic E-state index is 13.7. The first kappa shape index (κ1) is 25.1. The number of nitrogens with zero attached hydrogens (tertiary/aromatic N) is 2. The number of anilines is 1. The minimum absolute atomic E-state index is 0.0437. The summed E-state index contributed by atoms with van der Waals surface area (Å²) in [5.74, 6) is -0.201. The lowest BCUT2D eigenvalue weighted by molar-refractivity contribution is -0.118. The lowest BCUT2D eigenvalue weighted by Gasteiger charge is -2.52. The monoisotopic (exact) mass is 467 g/mol. The average Bonchev–Trinajstić information content (AvgIpc) is 2.65. The van der Waals surface area contributed by atoms with Gasteiger partial charge < -0.3 is 5.32 Å². The van der Waals surface area contributed by atoms with Crippen molar-refractivity contribution in [2.24, 2.45) is 16.7 Å². The first-order valence-corrected chi connectivity index (χ1v) is 13.2. The standard InChI is InChI=1S/C24H38FN3O3S/c1-18(2)14-32(30,31)28-16-23(4,5)15-24(17-28)9-11-27(12-10-24)13-22(29)26-21-8-6-7-20(25)19(21)3/h6-8,18H,9-17H2,1-5H3,(H,26,29). The van der Waals surface area contributed by atoms with Gasteiger partial charge in [0.25, 0.3) is 0 Å². The number of amides is 1. The Morgan fingerprint density at radius 1 is 1.19 bits per heavy atom. The fourth-order valence-corrected chi connectivity index (χ4v) is 7.48. The molecule has 2 fully saturated rings. The number of likely N-dealkylation sites (tertiary alicyclic amines) is 1. The third kappa shape index (κ3) is 6.08. The van der Waals surface area contributed by atoms with E-state index in [9.17, 15) is 17.6 Å². The van der Waals surface area contributed by atoms with E-state index in [0.29, 0.717) is 24.3 Å². The number of benzene rings is 1. The van der Waals surface area contributed by atoms with Crippen molar-refractivity contribution in [2.45, 2.75) is 53.9 Å². The Bertz CT molecular complexity index is 938. The molecule has 0 unspecified atom stereocenters. The largest absolute Gasteiger partial charge is 0.325 e. The van der Waals surface area contributed by atoms with Crippen molar-refractivity contribution in [3.05, 3.63) is 29.6 Å². The number of carbonyl (C=O) groups excluding carboxylic acids is 1. The number of rotatable bonds is 6. The third-order valence-electron chi connectivity index (χ3n) is 6.73. The molecule has 1 N–H and O–H groups in total. The Hall–Kier alpha value is -1.51. The van der Waals surface area contributed by atoms with E-state index >= 15 is 0 Å². The zero-order valence-electron chi connectivity index (χ0n) is 20.1. The SMILES string of the molecule is Cc1c(F)cccc1NC(=O)CN1CCC2(CC1)CN(S(=O)(=O)CC(C)C)CC(C)(C)C2. The normalized spacial score (nSPS) is 21.7. The number of hydrogen-bond donors (Lipinski definition) is 1. The molecule has 8 heteroatoms.